The number of hydrogen-bond acceptors (Lipinski definition) is 1. The zero-order valence-electron chi connectivity index (χ0n) is 7.48. The molecule has 0 saturated heterocycles. The van der Waals surface area contributed by atoms with Gasteiger partial charge in [-0.05, 0) is 24.2 Å². The molecule has 0 aromatic heterocycles. The fraction of sp³-hybridized carbons (Fsp3) is 1.00. The highest BCUT2D eigenvalue weighted by atomic mass is 16.5. The Morgan fingerprint density at radius 2 is 2.00 bits per heavy atom. The van der Waals surface area contributed by atoms with E-state index < -0.39 is 0 Å². The molecule has 1 aliphatic carbocycles. The molecule has 10 heavy (non-hydrogen) atoms. The lowest BCUT2D eigenvalue weighted by atomic mass is 9.90. The second kappa shape index (κ2) is 2.54. The van der Waals surface area contributed by atoms with Gasteiger partial charge in [-0.25, -0.2) is 0 Å². The maximum Gasteiger partial charge on any atom is 0.0604 e. The van der Waals surface area contributed by atoms with Crippen molar-refractivity contribution in [1.82, 2.24) is 0 Å². The van der Waals surface area contributed by atoms with Gasteiger partial charge in [0.1, 0.15) is 0 Å². The van der Waals surface area contributed by atoms with Gasteiger partial charge < -0.3 is 4.74 Å². The van der Waals surface area contributed by atoms with Crippen LogP contribution in [-0.2, 0) is 4.74 Å². The summed E-state index contributed by atoms with van der Waals surface area (Å²) >= 11 is 0. The maximum atomic E-state index is 5.22. The first-order valence-corrected chi connectivity index (χ1v) is 4.06. The lowest BCUT2D eigenvalue weighted by molar-refractivity contribution is 0.159. The Bertz CT molecular complexity index is 112. The van der Waals surface area contributed by atoms with E-state index in [2.05, 4.69) is 20.8 Å². The molecule has 0 amide bonds. The van der Waals surface area contributed by atoms with Gasteiger partial charge in [-0.1, -0.05) is 20.8 Å². The Morgan fingerprint density at radius 3 is 2.30 bits per heavy atom. The van der Waals surface area contributed by atoms with Gasteiger partial charge in [0.15, 0.2) is 0 Å². The predicted molar refractivity (Wildman–Crippen MR) is 43.0 cm³/mol. The highest BCUT2D eigenvalue weighted by Gasteiger charge is 2.39. The summed E-state index contributed by atoms with van der Waals surface area (Å²) in [5.74, 6) is 0.852. The summed E-state index contributed by atoms with van der Waals surface area (Å²) in [5.41, 5.74) is 0.484. The van der Waals surface area contributed by atoms with Crippen LogP contribution in [0.4, 0.5) is 0 Å². The molecule has 0 aromatic rings. The highest BCUT2D eigenvalue weighted by molar-refractivity contribution is 4.89. The van der Waals surface area contributed by atoms with Gasteiger partial charge in [-0.2, -0.15) is 0 Å². The summed E-state index contributed by atoms with van der Waals surface area (Å²) in [6, 6.07) is 0. The van der Waals surface area contributed by atoms with Crippen LogP contribution in [-0.4, -0.2) is 13.2 Å². The molecular weight excluding hydrogens is 124 g/mol. The van der Waals surface area contributed by atoms with Crippen LogP contribution in [0.1, 0.15) is 33.6 Å². The lowest BCUT2D eigenvalue weighted by Crippen LogP contribution is -2.07. The van der Waals surface area contributed by atoms with Crippen molar-refractivity contribution in [2.45, 2.75) is 39.7 Å². The molecule has 1 saturated carbocycles. The van der Waals surface area contributed by atoms with E-state index in [1.807, 2.05) is 7.11 Å². The molecule has 1 heteroatoms. The van der Waals surface area contributed by atoms with Crippen molar-refractivity contribution in [2.75, 3.05) is 7.11 Å². The first-order chi connectivity index (χ1) is 4.53. The zero-order chi connectivity index (χ0) is 7.78. The SMILES string of the molecule is COC1CC1CC(C)(C)C. The highest BCUT2D eigenvalue weighted by Crippen LogP contribution is 2.41. The number of rotatable bonds is 2. The average molecular weight is 142 g/mol. The van der Waals surface area contributed by atoms with Crippen LogP contribution in [0, 0.1) is 11.3 Å². The minimum absolute atomic E-state index is 0.484. The van der Waals surface area contributed by atoms with Crippen LogP contribution in [0.5, 0.6) is 0 Å². The van der Waals surface area contributed by atoms with Crippen molar-refractivity contribution >= 4 is 0 Å². The van der Waals surface area contributed by atoms with Gasteiger partial charge >= 0.3 is 0 Å². The third-order valence-electron chi connectivity index (χ3n) is 2.04. The Morgan fingerprint density at radius 1 is 1.40 bits per heavy atom. The Balaban J connectivity index is 2.18. The van der Waals surface area contributed by atoms with E-state index >= 15 is 0 Å². The van der Waals surface area contributed by atoms with Gasteiger partial charge in [0, 0.05) is 7.11 Å². The third-order valence-corrected chi connectivity index (χ3v) is 2.04. The van der Waals surface area contributed by atoms with E-state index in [0.717, 1.165) is 5.92 Å². The summed E-state index contributed by atoms with van der Waals surface area (Å²) in [6.07, 6.45) is 3.18. The van der Waals surface area contributed by atoms with E-state index in [-0.39, 0.29) is 0 Å². The van der Waals surface area contributed by atoms with E-state index in [4.69, 9.17) is 4.74 Å². The molecule has 0 aromatic carbocycles. The molecule has 0 radical (unpaired) electrons. The normalized spacial score (nSPS) is 32.4. The molecular formula is C9H18O. The van der Waals surface area contributed by atoms with Gasteiger partial charge in [-0.3, -0.25) is 0 Å². The quantitative estimate of drug-likeness (QED) is 0.575. The van der Waals surface area contributed by atoms with Crippen molar-refractivity contribution < 1.29 is 4.74 Å². The van der Waals surface area contributed by atoms with Gasteiger partial charge in [0.05, 0.1) is 6.10 Å². The van der Waals surface area contributed by atoms with E-state index in [9.17, 15) is 0 Å². The van der Waals surface area contributed by atoms with Crippen LogP contribution in [0.25, 0.3) is 0 Å². The second-order valence-electron chi connectivity index (χ2n) is 4.53. The van der Waals surface area contributed by atoms with Crippen molar-refractivity contribution in [3.63, 3.8) is 0 Å². The van der Waals surface area contributed by atoms with Crippen molar-refractivity contribution in [3.05, 3.63) is 0 Å². The summed E-state index contributed by atoms with van der Waals surface area (Å²) in [5, 5.41) is 0. The van der Waals surface area contributed by atoms with Gasteiger partial charge in [0.2, 0.25) is 0 Å². The molecule has 0 N–H and O–H groups in total. The topological polar surface area (TPSA) is 9.23 Å². The second-order valence-corrected chi connectivity index (χ2v) is 4.53. The third kappa shape index (κ3) is 2.30. The fourth-order valence-electron chi connectivity index (χ4n) is 1.51. The van der Waals surface area contributed by atoms with Crippen molar-refractivity contribution in [2.24, 2.45) is 11.3 Å². The molecule has 1 rings (SSSR count). The molecule has 1 fully saturated rings. The monoisotopic (exact) mass is 142 g/mol. The Kier molecular flexibility index (Phi) is 2.04. The van der Waals surface area contributed by atoms with Crippen LogP contribution >= 0.6 is 0 Å². The summed E-state index contributed by atoms with van der Waals surface area (Å²) in [6.45, 7) is 6.87. The molecule has 0 bridgehead atoms. The first kappa shape index (κ1) is 8.06. The van der Waals surface area contributed by atoms with Gasteiger partial charge in [0.25, 0.3) is 0 Å². The number of methoxy groups -OCH3 is 1. The largest absolute Gasteiger partial charge is 0.381 e. The van der Waals surface area contributed by atoms with Crippen molar-refractivity contribution in [1.29, 1.82) is 0 Å². The molecule has 2 unspecified atom stereocenters. The van der Waals surface area contributed by atoms with Crippen molar-refractivity contribution in [3.8, 4) is 0 Å². The van der Waals surface area contributed by atoms with Crippen LogP contribution in [0.3, 0.4) is 0 Å². The van der Waals surface area contributed by atoms with Crippen LogP contribution in [0.2, 0.25) is 0 Å². The molecule has 1 aliphatic rings. The molecule has 0 spiro atoms. The molecule has 0 heterocycles. The van der Waals surface area contributed by atoms with E-state index in [1.54, 1.807) is 0 Å². The maximum absolute atomic E-state index is 5.22. The van der Waals surface area contributed by atoms with Gasteiger partial charge in [-0.15, -0.1) is 0 Å². The molecule has 1 nitrogen and oxygen atoms in total. The predicted octanol–water partition coefficient (Wildman–Crippen LogP) is 2.46. The average Bonchev–Trinajstić information content (AvgIpc) is 2.42. The van der Waals surface area contributed by atoms with Crippen LogP contribution in [0.15, 0.2) is 0 Å². The number of hydrogen-bond donors (Lipinski definition) is 0. The summed E-state index contributed by atoms with van der Waals surface area (Å²) in [4.78, 5) is 0. The smallest absolute Gasteiger partial charge is 0.0604 e. The first-order valence-electron chi connectivity index (χ1n) is 4.06. The summed E-state index contributed by atoms with van der Waals surface area (Å²) < 4.78 is 5.22. The molecule has 0 aliphatic heterocycles. The fourth-order valence-corrected chi connectivity index (χ4v) is 1.51. The number of ether oxygens (including phenoxy) is 1. The standard InChI is InChI=1S/C9H18O/c1-9(2,3)6-7-5-8(7)10-4/h7-8H,5-6H2,1-4H3. The summed E-state index contributed by atoms with van der Waals surface area (Å²) in [7, 11) is 1.81. The Labute approximate surface area is 63.8 Å². The van der Waals surface area contributed by atoms with E-state index in [0.29, 0.717) is 11.5 Å². The van der Waals surface area contributed by atoms with E-state index in [1.165, 1.54) is 12.8 Å². The molecule has 60 valence electrons. The Hall–Kier alpha value is -0.0400. The minimum Gasteiger partial charge on any atom is -0.381 e. The minimum atomic E-state index is 0.484. The van der Waals surface area contributed by atoms with Crippen LogP contribution < -0.4 is 0 Å². The molecule has 2 atom stereocenters. The lowest BCUT2D eigenvalue weighted by Gasteiger charge is -2.17. The zero-order valence-corrected chi connectivity index (χ0v) is 7.48.